The van der Waals surface area contributed by atoms with Gasteiger partial charge in [0.25, 0.3) is 5.56 Å². The van der Waals surface area contributed by atoms with Gasteiger partial charge in [-0.2, -0.15) is 0 Å². The highest BCUT2D eigenvalue weighted by Gasteiger charge is 2.71. The largest absolute Gasteiger partial charge is 0.476 e. The van der Waals surface area contributed by atoms with Crippen LogP contribution in [-0.4, -0.2) is 40.6 Å². The van der Waals surface area contributed by atoms with Crippen molar-refractivity contribution in [1.29, 1.82) is 0 Å². The molecule has 0 spiro atoms. The molecule has 37 heavy (non-hydrogen) atoms. The van der Waals surface area contributed by atoms with E-state index in [1.54, 1.807) is 28.4 Å². The van der Waals surface area contributed by atoms with E-state index in [1.807, 2.05) is 39.2 Å². The highest BCUT2D eigenvalue weighted by Crippen LogP contribution is 2.73. The number of aromatic carboxylic acids is 1. The van der Waals surface area contributed by atoms with Gasteiger partial charge in [0.15, 0.2) is 5.69 Å². The molecule has 1 aromatic carbocycles. The number of nitrogens with one attached hydrogen (secondary N) is 1. The summed E-state index contributed by atoms with van der Waals surface area (Å²) in [5.41, 5.74) is 3.31. The van der Waals surface area contributed by atoms with Crippen molar-refractivity contribution in [3.63, 3.8) is 0 Å². The van der Waals surface area contributed by atoms with Gasteiger partial charge in [-0.1, -0.05) is 22.9 Å². The molecular weight excluding hydrogens is 494 g/mol. The number of rotatable bonds is 6. The van der Waals surface area contributed by atoms with E-state index in [9.17, 15) is 14.7 Å². The van der Waals surface area contributed by atoms with Crippen molar-refractivity contribution < 1.29 is 9.90 Å². The molecule has 4 aromatic rings. The Morgan fingerprint density at radius 1 is 1.16 bits per heavy atom. The van der Waals surface area contributed by atoms with E-state index in [0.717, 1.165) is 41.9 Å². The minimum atomic E-state index is -1.18. The predicted molar refractivity (Wildman–Crippen MR) is 138 cm³/mol. The number of carbonyl (C=O) groups is 1. The van der Waals surface area contributed by atoms with Crippen LogP contribution in [0.25, 0.3) is 10.9 Å². The van der Waals surface area contributed by atoms with Crippen molar-refractivity contribution in [2.75, 3.05) is 5.32 Å². The Morgan fingerprint density at radius 2 is 1.89 bits per heavy atom. The maximum Gasteiger partial charge on any atom is 0.356 e. The average Bonchev–Trinajstić information content (AvgIpc) is 3.22. The van der Waals surface area contributed by atoms with Crippen molar-refractivity contribution in [2.24, 2.45) is 14.1 Å². The summed E-state index contributed by atoms with van der Waals surface area (Å²) in [6.07, 6.45) is 4.63. The number of pyridine rings is 1. The topological polar surface area (TPSA) is 128 Å². The van der Waals surface area contributed by atoms with E-state index in [-0.39, 0.29) is 33.3 Å². The van der Waals surface area contributed by atoms with Gasteiger partial charge in [-0.15, -0.1) is 5.10 Å². The summed E-state index contributed by atoms with van der Waals surface area (Å²) < 4.78 is 3.41. The molecule has 3 aliphatic rings. The molecule has 10 nitrogen and oxygen atoms in total. The van der Waals surface area contributed by atoms with Gasteiger partial charge < -0.3 is 10.4 Å². The van der Waals surface area contributed by atoms with Crippen LogP contribution < -0.4 is 10.9 Å². The smallest absolute Gasteiger partial charge is 0.356 e. The quantitative estimate of drug-likeness (QED) is 0.369. The number of nitrogens with zero attached hydrogens (tertiary/aromatic N) is 6. The Kier molecular flexibility index (Phi) is 5.01. The number of fused-ring (bicyclic) bond motifs is 1. The summed E-state index contributed by atoms with van der Waals surface area (Å²) in [6.45, 7) is 3.85. The molecule has 2 bridgehead atoms. The third-order valence-electron chi connectivity index (χ3n) is 7.91. The van der Waals surface area contributed by atoms with Gasteiger partial charge in [-0.3, -0.25) is 14.0 Å². The number of hydrogen-bond acceptors (Lipinski definition) is 7. The SMILES string of the molecule is Cc1cc([C@@H](C)Nc2ccc(Cl)nc2C(=O)O)c2nc(C34CC(c5cn(C)nn5)(C3)C4)n(C)c(=O)c2c1. The molecule has 0 amide bonds. The number of aryl methyl sites for hydroxylation is 2. The van der Waals surface area contributed by atoms with Crippen molar-refractivity contribution in [1.82, 2.24) is 29.5 Å². The van der Waals surface area contributed by atoms with Crippen LogP contribution in [0, 0.1) is 6.92 Å². The van der Waals surface area contributed by atoms with E-state index >= 15 is 0 Å². The monoisotopic (exact) mass is 519 g/mol. The van der Waals surface area contributed by atoms with Crippen LogP contribution in [-0.2, 0) is 24.9 Å². The fourth-order valence-electron chi connectivity index (χ4n) is 6.27. The molecule has 1 atom stereocenters. The molecule has 3 aromatic heterocycles. The fraction of sp³-hybridized carbons (Fsp3) is 0.385. The summed E-state index contributed by atoms with van der Waals surface area (Å²) in [4.78, 5) is 34.3. The van der Waals surface area contributed by atoms with Crippen molar-refractivity contribution in [3.8, 4) is 0 Å². The maximum absolute atomic E-state index is 13.5. The minimum absolute atomic E-state index is 0.0146. The first-order valence-corrected chi connectivity index (χ1v) is 12.4. The number of carboxylic acids is 1. The number of anilines is 1. The Hall–Kier alpha value is -3.79. The van der Waals surface area contributed by atoms with Gasteiger partial charge >= 0.3 is 5.97 Å². The molecule has 3 aliphatic carbocycles. The highest BCUT2D eigenvalue weighted by molar-refractivity contribution is 6.29. The first-order valence-electron chi connectivity index (χ1n) is 12.1. The summed E-state index contributed by atoms with van der Waals surface area (Å²) in [5.74, 6) is -0.395. The zero-order chi connectivity index (χ0) is 26.3. The second kappa shape index (κ2) is 7.85. The maximum atomic E-state index is 13.5. The minimum Gasteiger partial charge on any atom is -0.476 e. The van der Waals surface area contributed by atoms with Crippen LogP contribution >= 0.6 is 11.6 Å². The van der Waals surface area contributed by atoms with Gasteiger partial charge in [0.2, 0.25) is 0 Å². The van der Waals surface area contributed by atoms with Crippen LogP contribution in [0.2, 0.25) is 5.15 Å². The van der Waals surface area contributed by atoms with Gasteiger partial charge in [0.1, 0.15) is 11.0 Å². The summed E-state index contributed by atoms with van der Waals surface area (Å²) in [7, 11) is 3.66. The number of hydrogen-bond donors (Lipinski definition) is 2. The Balaban J connectivity index is 1.40. The molecule has 3 fully saturated rings. The third kappa shape index (κ3) is 3.46. The van der Waals surface area contributed by atoms with Crippen LogP contribution in [0.4, 0.5) is 5.69 Å². The van der Waals surface area contributed by atoms with Crippen molar-refractivity contribution in [2.45, 2.75) is 50.0 Å². The van der Waals surface area contributed by atoms with Gasteiger partial charge in [-0.25, -0.2) is 14.8 Å². The zero-order valence-electron chi connectivity index (χ0n) is 20.9. The van der Waals surface area contributed by atoms with Gasteiger partial charge in [0, 0.05) is 36.7 Å². The number of benzene rings is 1. The van der Waals surface area contributed by atoms with E-state index in [0.29, 0.717) is 16.6 Å². The Bertz CT molecular complexity index is 1660. The number of carboxylic acid groups (broad SMARTS) is 1. The lowest BCUT2D eigenvalue weighted by atomic mass is 9.34. The lowest BCUT2D eigenvalue weighted by Gasteiger charge is -2.69. The third-order valence-corrected chi connectivity index (χ3v) is 8.12. The van der Waals surface area contributed by atoms with Crippen LogP contribution in [0.15, 0.2) is 35.3 Å². The molecule has 3 saturated carbocycles. The summed E-state index contributed by atoms with van der Waals surface area (Å²) in [5, 5.41) is 21.9. The van der Waals surface area contributed by atoms with Crippen molar-refractivity contribution >= 4 is 34.2 Å². The standard InChI is InChI=1S/C26H26ClN7O3/c1-13-7-15(14(2)28-17-5-6-19(27)29-21(17)23(36)37)20-16(8-13)22(35)34(4)24(30-20)26-10-25(11-26,12-26)18-9-33(3)32-31-18/h5-9,14,28H,10-12H2,1-4H3,(H,36,37)/t14-,25?,26?/m1/s1. The summed E-state index contributed by atoms with van der Waals surface area (Å²) >= 11 is 5.92. The first kappa shape index (κ1) is 23.6. The first-order chi connectivity index (χ1) is 17.5. The fourth-order valence-corrected chi connectivity index (χ4v) is 6.42. The van der Waals surface area contributed by atoms with Crippen LogP contribution in [0.5, 0.6) is 0 Å². The molecule has 0 unspecified atom stereocenters. The Morgan fingerprint density at radius 3 is 2.54 bits per heavy atom. The highest BCUT2D eigenvalue weighted by atomic mass is 35.5. The Labute approximate surface area is 217 Å². The number of aromatic nitrogens is 6. The van der Waals surface area contributed by atoms with Gasteiger partial charge in [-0.05, 0) is 56.9 Å². The molecule has 7 rings (SSSR count). The lowest BCUT2D eigenvalue weighted by molar-refractivity contribution is -0.0806. The normalized spacial score (nSPS) is 22.8. The van der Waals surface area contributed by atoms with Gasteiger partial charge in [0.05, 0.1) is 28.3 Å². The lowest BCUT2D eigenvalue weighted by Crippen LogP contribution is -2.68. The van der Waals surface area contributed by atoms with E-state index in [1.165, 1.54) is 0 Å². The van der Waals surface area contributed by atoms with E-state index < -0.39 is 5.97 Å². The molecule has 2 N–H and O–H groups in total. The van der Waals surface area contributed by atoms with E-state index in [4.69, 9.17) is 16.6 Å². The molecule has 0 radical (unpaired) electrons. The molecule has 0 aliphatic heterocycles. The second-order valence-electron chi connectivity index (χ2n) is 10.6. The molecule has 190 valence electrons. The van der Waals surface area contributed by atoms with Crippen molar-refractivity contribution in [3.05, 3.63) is 74.3 Å². The zero-order valence-corrected chi connectivity index (χ0v) is 21.7. The molecule has 0 saturated heterocycles. The van der Waals surface area contributed by atoms with Crippen LogP contribution in [0.1, 0.15) is 65.4 Å². The predicted octanol–water partition coefficient (Wildman–Crippen LogP) is 3.66. The second-order valence-corrected chi connectivity index (χ2v) is 11.0. The average molecular weight is 520 g/mol. The van der Waals surface area contributed by atoms with E-state index in [2.05, 4.69) is 20.6 Å². The van der Waals surface area contributed by atoms with Crippen LogP contribution in [0.3, 0.4) is 0 Å². The molecule has 11 heteroatoms. The molecule has 3 heterocycles. The summed E-state index contributed by atoms with van der Waals surface area (Å²) in [6, 6.07) is 6.64. The number of halogens is 1. The molecular formula is C26H26ClN7O3.